The smallest absolute Gasteiger partial charge is 0.328 e. The van der Waals surface area contributed by atoms with Crippen molar-refractivity contribution in [3.05, 3.63) is 65.2 Å². The summed E-state index contributed by atoms with van der Waals surface area (Å²) in [5, 5.41) is 15.8. The highest BCUT2D eigenvalue weighted by Crippen LogP contribution is 2.47. The highest BCUT2D eigenvalue weighted by atomic mass is 35.5. The second-order valence-electron chi connectivity index (χ2n) is 8.26. The Labute approximate surface area is 229 Å². The van der Waals surface area contributed by atoms with E-state index < -0.39 is 29.3 Å². The number of thioether (sulfide) groups is 1. The number of methoxy groups -OCH3 is 1. The second-order valence-corrected chi connectivity index (χ2v) is 9.88. The van der Waals surface area contributed by atoms with Gasteiger partial charge in [-0.1, -0.05) is 23.7 Å². The van der Waals surface area contributed by atoms with Crippen LogP contribution >= 0.6 is 23.4 Å². The number of rotatable bonds is 8. The molecule has 2 N–H and O–H groups in total. The van der Waals surface area contributed by atoms with Crippen LogP contribution in [0.25, 0.3) is 0 Å². The summed E-state index contributed by atoms with van der Waals surface area (Å²) < 4.78 is 10.8. The first kappa shape index (κ1) is 30.7. The molecule has 0 radical (unpaired) electrons. The van der Waals surface area contributed by atoms with Crippen molar-refractivity contribution < 1.29 is 38.9 Å². The number of anilines is 1. The monoisotopic (exact) mass is 564 g/mol. The minimum absolute atomic E-state index is 0.249. The van der Waals surface area contributed by atoms with E-state index in [0.717, 1.165) is 16.1 Å². The maximum absolute atomic E-state index is 13.6. The van der Waals surface area contributed by atoms with Crippen molar-refractivity contribution >= 4 is 52.9 Å². The molecule has 0 saturated heterocycles. The van der Waals surface area contributed by atoms with E-state index >= 15 is 0 Å². The van der Waals surface area contributed by atoms with Crippen LogP contribution in [0.15, 0.2) is 59.5 Å². The molecule has 2 aromatic carbocycles. The van der Waals surface area contributed by atoms with Gasteiger partial charge in [0.15, 0.2) is 6.10 Å². The molecule has 0 bridgehead atoms. The van der Waals surface area contributed by atoms with Crippen LogP contribution in [0, 0.1) is 0 Å². The Kier molecular flexibility index (Phi) is 11.6. The molecule has 0 fully saturated rings. The quantitative estimate of drug-likeness (QED) is 0.361. The standard InChI is InChI=1S/C22H25ClN2O4S.C4H4O4/c1-14(26)29-20-21(15-5-8-17(28-4)9-6-15)30-19-13-16(23)7-10-18(19)25(22(20)27)12-11-24(2)3;5-3(6)1-2-4(7)8/h5-10,13,20-21H,11-12H2,1-4H3;1-2H,(H,5,6)(H,7,8)/b;2-1-/t20-,21+;/m1./s1. The second kappa shape index (κ2) is 14.4. The van der Waals surface area contributed by atoms with Crippen LogP contribution in [-0.2, 0) is 23.9 Å². The number of carbonyl (C=O) groups is 4. The van der Waals surface area contributed by atoms with Crippen molar-refractivity contribution in [1.82, 2.24) is 4.90 Å². The van der Waals surface area contributed by atoms with Crippen LogP contribution in [0.5, 0.6) is 5.75 Å². The molecular formula is C26H29ClN2O8S. The Hall–Kier alpha value is -3.54. The van der Waals surface area contributed by atoms with Crippen molar-refractivity contribution in [2.24, 2.45) is 0 Å². The van der Waals surface area contributed by atoms with Gasteiger partial charge in [0.1, 0.15) is 5.75 Å². The third kappa shape index (κ3) is 9.09. The zero-order valence-corrected chi connectivity index (χ0v) is 22.9. The van der Waals surface area contributed by atoms with E-state index in [4.69, 9.17) is 31.3 Å². The summed E-state index contributed by atoms with van der Waals surface area (Å²) in [6, 6.07) is 12.9. The number of hydrogen-bond donors (Lipinski definition) is 2. The van der Waals surface area contributed by atoms with Gasteiger partial charge in [0.05, 0.1) is 18.0 Å². The van der Waals surface area contributed by atoms with E-state index in [2.05, 4.69) is 0 Å². The number of halogens is 1. The molecule has 0 aliphatic carbocycles. The predicted octanol–water partition coefficient (Wildman–Crippen LogP) is 3.73. The normalized spacial score (nSPS) is 16.8. The summed E-state index contributed by atoms with van der Waals surface area (Å²) in [6.45, 7) is 2.45. The lowest BCUT2D eigenvalue weighted by molar-refractivity contribution is -0.152. The van der Waals surface area contributed by atoms with Crippen molar-refractivity contribution in [2.45, 2.75) is 23.2 Å². The lowest BCUT2D eigenvalue weighted by Crippen LogP contribution is -2.45. The molecule has 2 atom stereocenters. The fourth-order valence-corrected chi connectivity index (χ4v) is 5.00. The summed E-state index contributed by atoms with van der Waals surface area (Å²) >= 11 is 7.74. The number of fused-ring (bicyclic) bond motifs is 1. The van der Waals surface area contributed by atoms with E-state index in [9.17, 15) is 19.2 Å². The molecule has 3 rings (SSSR count). The van der Waals surface area contributed by atoms with Crippen molar-refractivity contribution in [3.63, 3.8) is 0 Å². The average Bonchev–Trinajstić information content (AvgIpc) is 2.96. The minimum atomic E-state index is -1.26. The highest BCUT2D eigenvalue weighted by molar-refractivity contribution is 7.99. The summed E-state index contributed by atoms with van der Waals surface area (Å²) in [5.41, 5.74) is 1.63. The van der Waals surface area contributed by atoms with Gasteiger partial charge in [0, 0.05) is 42.1 Å². The lowest BCUT2D eigenvalue weighted by Gasteiger charge is -2.28. The molecule has 0 unspecified atom stereocenters. The van der Waals surface area contributed by atoms with Gasteiger partial charge >= 0.3 is 17.9 Å². The first-order valence-corrected chi connectivity index (χ1v) is 12.6. The number of hydrogen-bond acceptors (Lipinski definition) is 8. The van der Waals surface area contributed by atoms with Gasteiger partial charge in [-0.05, 0) is 50.0 Å². The number of carbonyl (C=O) groups excluding carboxylic acids is 2. The SMILES string of the molecule is COc1ccc([C@@H]2Sc3cc(Cl)ccc3N(CCN(C)C)C(=O)[C@@H]2OC(C)=O)cc1.O=C(O)/C=C\C(=O)O. The number of nitrogens with zero attached hydrogens (tertiary/aromatic N) is 2. The molecule has 0 spiro atoms. The van der Waals surface area contributed by atoms with E-state index in [1.165, 1.54) is 18.7 Å². The Morgan fingerprint density at radius 3 is 2.18 bits per heavy atom. The lowest BCUT2D eigenvalue weighted by atomic mass is 10.1. The number of carboxylic acids is 2. The van der Waals surface area contributed by atoms with E-state index in [1.54, 1.807) is 18.1 Å². The van der Waals surface area contributed by atoms with Gasteiger partial charge in [0.25, 0.3) is 5.91 Å². The summed E-state index contributed by atoms with van der Waals surface area (Å²) in [7, 11) is 5.49. The molecule has 12 heteroatoms. The van der Waals surface area contributed by atoms with E-state index in [1.807, 2.05) is 55.4 Å². The van der Waals surface area contributed by atoms with Gasteiger partial charge < -0.3 is 29.5 Å². The zero-order chi connectivity index (χ0) is 28.4. The summed E-state index contributed by atoms with van der Waals surface area (Å²) in [4.78, 5) is 49.2. The van der Waals surface area contributed by atoms with Gasteiger partial charge in [0.2, 0.25) is 0 Å². The number of aliphatic carboxylic acids is 2. The Bertz CT molecular complexity index is 1170. The number of carboxylic acid groups (broad SMARTS) is 2. The molecule has 1 heterocycles. The molecule has 0 aromatic heterocycles. The third-order valence-corrected chi connectivity index (χ3v) is 6.72. The van der Waals surface area contributed by atoms with Crippen LogP contribution in [0.1, 0.15) is 17.7 Å². The molecule has 10 nitrogen and oxygen atoms in total. The number of benzene rings is 2. The molecule has 0 saturated carbocycles. The van der Waals surface area contributed by atoms with Gasteiger partial charge in [-0.2, -0.15) is 0 Å². The van der Waals surface area contributed by atoms with E-state index in [-0.39, 0.29) is 5.91 Å². The van der Waals surface area contributed by atoms with Gasteiger partial charge in [-0.25, -0.2) is 9.59 Å². The summed E-state index contributed by atoms with van der Waals surface area (Å²) in [5.74, 6) is -2.55. The molecule has 2 aromatic rings. The van der Waals surface area contributed by atoms with Crippen LogP contribution < -0.4 is 9.64 Å². The Balaban J connectivity index is 0.000000550. The average molecular weight is 565 g/mol. The highest BCUT2D eigenvalue weighted by Gasteiger charge is 2.40. The molecule has 1 aliphatic heterocycles. The maximum Gasteiger partial charge on any atom is 0.328 e. The van der Waals surface area contributed by atoms with E-state index in [0.29, 0.717) is 36.0 Å². The van der Waals surface area contributed by atoms with Crippen LogP contribution in [0.2, 0.25) is 5.02 Å². The van der Waals surface area contributed by atoms with Crippen LogP contribution in [0.3, 0.4) is 0 Å². The fourth-order valence-electron chi connectivity index (χ4n) is 3.41. The molecule has 1 amide bonds. The van der Waals surface area contributed by atoms with Crippen molar-refractivity contribution in [1.29, 1.82) is 0 Å². The Morgan fingerprint density at radius 2 is 1.68 bits per heavy atom. The predicted molar refractivity (Wildman–Crippen MR) is 144 cm³/mol. The number of esters is 1. The number of ether oxygens (including phenoxy) is 2. The van der Waals surface area contributed by atoms with Crippen LogP contribution in [-0.4, -0.2) is 79.3 Å². The molecule has 1 aliphatic rings. The van der Waals surface area contributed by atoms with Gasteiger partial charge in [-0.3, -0.25) is 9.59 Å². The van der Waals surface area contributed by atoms with Crippen molar-refractivity contribution in [2.75, 3.05) is 39.2 Å². The fraction of sp³-hybridized carbons (Fsp3) is 0.308. The van der Waals surface area contributed by atoms with Gasteiger partial charge in [-0.15, -0.1) is 11.8 Å². The van der Waals surface area contributed by atoms with Crippen molar-refractivity contribution in [3.8, 4) is 5.75 Å². The summed E-state index contributed by atoms with van der Waals surface area (Å²) in [6.07, 6.45) is 0.152. The third-order valence-electron chi connectivity index (χ3n) is 5.13. The van der Waals surface area contributed by atoms with Crippen LogP contribution in [0.4, 0.5) is 5.69 Å². The maximum atomic E-state index is 13.6. The molecule has 204 valence electrons. The minimum Gasteiger partial charge on any atom is -0.497 e. The Morgan fingerprint density at radius 1 is 1.08 bits per heavy atom. The zero-order valence-electron chi connectivity index (χ0n) is 21.3. The first-order chi connectivity index (χ1) is 17.9. The first-order valence-electron chi connectivity index (χ1n) is 11.3. The molecule has 38 heavy (non-hydrogen) atoms. The number of likely N-dealkylation sites (N-methyl/N-ethyl adjacent to an activating group) is 1. The topological polar surface area (TPSA) is 134 Å². The number of amides is 1. The molecular weight excluding hydrogens is 536 g/mol. The largest absolute Gasteiger partial charge is 0.497 e.